The molecule has 1 amide bonds. The van der Waals surface area contributed by atoms with E-state index in [1.165, 1.54) is 11.3 Å². The maximum absolute atomic E-state index is 13.0. The summed E-state index contributed by atoms with van der Waals surface area (Å²) in [6.07, 6.45) is -2.46. The molecule has 1 aromatic heterocycles. The number of rotatable bonds is 2. The summed E-state index contributed by atoms with van der Waals surface area (Å²) < 4.78 is 39.7. The van der Waals surface area contributed by atoms with Crippen LogP contribution in [-0.4, -0.2) is 18.1 Å². The first-order chi connectivity index (χ1) is 9.29. The van der Waals surface area contributed by atoms with Crippen LogP contribution in [0, 0.1) is 12.8 Å². The number of hydrogen-bond acceptors (Lipinski definition) is 2. The lowest BCUT2D eigenvalue weighted by Gasteiger charge is -2.33. The van der Waals surface area contributed by atoms with Crippen LogP contribution in [0.1, 0.15) is 40.9 Å². The number of alkyl halides is 3. The first-order valence-corrected chi connectivity index (χ1v) is 8.03. The van der Waals surface area contributed by atoms with Crippen LogP contribution < -0.4 is 5.32 Å². The monoisotopic (exact) mass is 369 g/mol. The van der Waals surface area contributed by atoms with E-state index < -0.39 is 24.0 Å². The van der Waals surface area contributed by atoms with Crippen LogP contribution in [0.15, 0.2) is 9.85 Å². The molecule has 20 heavy (non-hydrogen) atoms. The lowest BCUT2D eigenvalue weighted by atomic mass is 9.84. The van der Waals surface area contributed by atoms with E-state index in [-0.39, 0.29) is 6.42 Å². The van der Waals surface area contributed by atoms with Gasteiger partial charge in [-0.25, -0.2) is 0 Å². The molecule has 2 nitrogen and oxygen atoms in total. The van der Waals surface area contributed by atoms with Gasteiger partial charge in [-0.05, 0) is 47.3 Å². The Labute approximate surface area is 127 Å². The summed E-state index contributed by atoms with van der Waals surface area (Å²) in [5.74, 6) is -1.84. The van der Waals surface area contributed by atoms with Gasteiger partial charge in [0, 0.05) is 6.04 Å². The number of aryl methyl sites for hydroxylation is 1. The standard InChI is InChI=1S/C13H15BrF3NOS/c1-7-6-10(20-11(7)14)12(19)18-9-5-3-2-4-8(9)13(15,16)17/h6,8-9H,2-5H2,1H3,(H,18,19). The zero-order valence-corrected chi connectivity index (χ0v) is 13.3. The summed E-state index contributed by atoms with van der Waals surface area (Å²) in [4.78, 5) is 12.5. The van der Waals surface area contributed by atoms with Crippen molar-refractivity contribution in [2.75, 3.05) is 0 Å². The predicted octanol–water partition coefficient (Wildman–Crippen LogP) is 4.67. The Morgan fingerprint density at radius 2 is 2.05 bits per heavy atom. The summed E-state index contributed by atoms with van der Waals surface area (Å²) in [5.41, 5.74) is 0.913. The van der Waals surface area contributed by atoms with Crippen LogP contribution in [0.3, 0.4) is 0 Å². The molecule has 1 heterocycles. The van der Waals surface area contributed by atoms with Crippen molar-refractivity contribution in [2.45, 2.75) is 44.8 Å². The summed E-state index contributed by atoms with van der Waals surface area (Å²) in [6, 6.07) is 0.882. The average molecular weight is 370 g/mol. The summed E-state index contributed by atoms with van der Waals surface area (Å²) in [5, 5.41) is 2.56. The van der Waals surface area contributed by atoms with Gasteiger partial charge in [-0.2, -0.15) is 13.2 Å². The minimum Gasteiger partial charge on any atom is -0.348 e. The topological polar surface area (TPSA) is 29.1 Å². The molecular formula is C13H15BrF3NOS. The molecule has 0 saturated heterocycles. The van der Waals surface area contributed by atoms with Crippen LogP contribution in [0.25, 0.3) is 0 Å². The second-order valence-corrected chi connectivity index (χ2v) is 7.45. The predicted molar refractivity (Wildman–Crippen MR) is 76.0 cm³/mol. The molecule has 2 rings (SSSR count). The van der Waals surface area contributed by atoms with Gasteiger partial charge in [-0.1, -0.05) is 12.8 Å². The number of hydrogen-bond donors (Lipinski definition) is 1. The fourth-order valence-electron chi connectivity index (χ4n) is 2.51. The van der Waals surface area contributed by atoms with E-state index in [9.17, 15) is 18.0 Å². The minimum absolute atomic E-state index is 0.0988. The van der Waals surface area contributed by atoms with Crippen molar-refractivity contribution in [1.82, 2.24) is 5.32 Å². The molecule has 2 atom stereocenters. The maximum Gasteiger partial charge on any atom is 0.393 e. The van der Waals surface area contributed by atoms with Crippen molar-refractivity contribution in [3.63, 3.8) is 0 Å². The third kappa shape index (κ3) is 3.55. The highest BCUT2D eigenvalue weighted by atomic mass is 79.9. The number of thiophene rings is 1. The van der Waals surface area contributed by atoms with Crippen molar-refractivity contribution in [2.24, 2.45) is 5.92 Å². The smallest absolute Gasteiger partial charge is 0.348 e. The van der Waals surface area contributed by atoms with Crippen LogP contribution in [0.2, 0.25) is 0 Å². The fraction of sp³-hybridized carbons (Fsp3) is 0.615. The van der Waals surface area contributed by atoms with Gasteiger partial charge in [0.05, 0.1) is 14.6 Å². The van der Waals surface area contributed by atoms with E-state index in [1.807, 2.05) is 6.92 Å². The molecule has 1 aliphatic rings. The number of carbonyl (C=O) groups excluding carboxylic acids is 1. The molecule has 0 radical (unpaired) electrons. The maximum atomic E-state index is 13.0. The first-order valence-electron chi connectivity index (χ1n) is 6.42. The second kappa shape index (κ2) is 6.05. The Morgan fingerprint density at radius 1 is 1.40 bits per heavy atom. The highest BCUT2D eigenvalue weighted by molar-refractivity contribution is 9.11. The van der Waals surface area contributed by atoms with Crippen LogP contribution in [0.5, 0.6) is 0 Å². The van der Waals surface area contributed by atoms with Crippen molar-refractivity contribution in [3.8, 4) is 0 Å². The molecule has 1 N–H and O–H groups in total. The van der Waals surface area contributed by atoms with E-state index in [0.717, 1.165) is 15.8 Å². The molecule has 1 saturated carbocycles. The zero-order valence-electron chi connectivity index (χ0n) is 10.9. The summed E-state index contributed by atoms with van der Waals surface area (Å²) in [6.45, 7) is 1.84. The molecule has 0 aromatic carbocycles. The lowest BCUT2D eigenvalue weighted by Crippen LogP contribution is -2.47. The summed E-state index contributed by atoms with van der Waals surface area (Å²) in [7, 11) is 0. The molecular weight excluding hydrogens is 355 g/mol. The minimum atomic E-state index is -4.25. The van der Waals surface area contributed by atoms with E-state index >= 15 is 0 Å². The lowest BCUT2D eigenvalue weighted by molar-refractivity contribution is -0.187. The summed E-state index contributed by atoms with van der Waals surface area (Å²) >= 11 is 4.55. The fourth-order valence-corrected chi connectivity index (χ4v) is 3.94. The van der Waals surface area contributed by atoms with E-state index in [1.54, 1.807) is 6.07 Å². The molecule has 0 aliphatic heterocycles. The Balaban J connectivity index is 2.09. The van der Waals surface area contributed by atoms with Gasteiger partial charge in [0.2, 0.25) is 0 Å². The SMILES string of the molecule is Cc1cc(C(=O)NC2CCCCC2C(F)(F)F)sc1Br. The number of carbonyl (C=O) groups is 1. The number of halogens is 4. The van der Waals surface area contributed by atoms with Gasteiger partial charge in [-0.15, -0.1) is 11.3 Å². The number of amides is 1. The zero-order chi connectivity index (χ0) is 14.9. The molecule has 1 aliphatic carbocycles. The highest BCUT2D eigenvalue weighted by Gasteiger charge is 2.46. The third-order valence-corrected chi connectivity index (χ3v) is 5.72. The van der Waals surface area contributed by atoms with Gasteiger partial charge >= 0.3 is 6.18 Å². The van der Waals surface area contributed by atoms with Crippen LogP contribution in [0.4, 0.5) is 13.2 Å². The Hall–Kier alpha value is -0.560. The molecule has 0 spiro atoms. The third-order valence-electron chi connectivity index (χ3n) is 3.58. The highest BCUT2D eigenvalue weighted by Crippen LogP contribution is 2.38. The Morgan fingerprint density at radius 3 is 2.60 bits per heavy atom. The van der Waals surface area contributed by atoms with Gasteiger partial charge < -0.3 is 5.32 Å². The Kier molecular flexibility index (Phi) is 4.79. The van der Waals surface area contributed by atoms with Gasteiger partial charge in [-0.3, -0.25) is 4.79 Å². The van der Waals surface area contributed by atoms with Crippen LogP contribution in [-0.2, 0) is 0 Å². The molecule has 0 bridgehead atoms. The van der Waals surface area contributed by atoms with Crippen molar-refractivity contribution >= 4 is 33.2 Å². The van der Waals surface area contributed by atoms with Gasteiger partial charge in [0.15, 0.2) is 0 Å². The average Bonchev–Trinajstić information content (AvgIpc) is 2.69. The van der Waals surface area contributed by atoms with Crippen LogP contribution >= 0.6 is 27.3 Å². The van der Waals surface area contributed by atoms with E-state index in [2.05, 4.69) is 21.2 Å². The van der Waals surface area contributed by atoms with E-state index in [0.29, 0.717) is 17.7 Å². The van der Waals surface area contributed by atoms with Crippen molar-refractivity contribution in [1.29, 1.82) is 0 Å². The quantitative estimate of drug-likeness (QED) is 0.806. The molecule has 1 aromatic rings. The molecule has 112 valence electrons. The molecule has 1 fully saturated rings. The van der Waals surface area contributed by atoms with Gasteiger partial charge in [0.25, 0.3) is 5.91 Å². The number of nitrogens with one attached hydrogen (secondary N) is 1. The Bertz CT molecular complexity index is 481. The second-order valence-electron chi connectivity index (χ2n) is 5.08. The van der Waals surface area contributed by atoms with Crippen molar-refractivity contribution in [3.05, 3.63) is 20.3 Å². The van der Waals surface area contributed by atoms with Gasteiger partial charge in [0.1, 0.15) is 0 Å². The van der Waals surface area contributed by atoms with Crippen molar-refractivity contribution < 1.29 is 18.0 Å². The first kappa shape index (κ1) is 15.8. The normalized spacial score (nSPS) is 23.6. The molecule has 2 unspecified atom stereocenters. The molecule has 7 heteroatoms. The van der Waals surface area contributed by atoms with E-state index in [4.69, 9.17) is 0 Å². The largest absolute Gasteiger partial charge is 0.393 e.